The molecule has 0 radical (unpaired) electrons. The molecule has 0 spiro atoms. The summed E-state index contributed by atoms with van der Waals surface area (Å²) in [4.78, 5) is 21.0. The molecule has 0 aliphatic carbocycles. The van der Waals surface area contributed by atoms with E-state index in [1.54, 1.807) is 0 Å². The summed E-state index contributed by atoms with van der Waals surface area (Å²) in [6.45, 7) is 4.00. The number of phenolic OH excluding ortho intramolecular Hbond substituents is 1. The van der Waals surface area contributed by atoms with Crippen molar-refractivity contribution in [3.8, 4) is 11.5 Å². The van der Waals surface area contributed by atoms with Crippen LogP contribution in [0.2, 0.25) is 0 Å². The molecule has 0 amide bonds. The molecule has 1 rings (SSSR count). The zero-order valence-corrected chi connectivity index (χ0v) is 10.6. The van der Waals surface area contributed by atoms with Gasteiger partial charge in [0.15, 0.2) is 5.75 Å². The van der Waals surface area contributed by atoms with Crippen molar-refractivity contribution in [3.05, 3.63) is 27.8 Å². The Hall–Kier alpha value is -2.31. The van der Waals surface area contributed by atoms with Crippen molar-refractivity contribution in [2.75, 3.05) is 14.2 Å². The van der Waals surface area contributed by atoms with Crippen molar-refractivity contribution in [3.63, 3.8) is 0 Å². The zero-order chi connectivity index (χ0) is 14.3. The highest BCUT2D eigenvalue weighted by Gasteiger charge is 2.22. The van der Waals surface area contributed by atoms with Crippen LogP contribution in [-0.2, 0) is 4.74 Å². The van der Waals surface area contributed by atoms with Crippen molar-refractivity contribution in [2.45, 2.75) is 13.8 Å². The molecule has 18 heavy (non-hydrogen) atoms. The van der Waals surface area contributed by atoms with Crippen LogP contribution in [0.5, 0.6) is 11.5 Å². The average Bonchev–Trinajstić information content (AvgIpc) is 2.40. The minimum Gasteiger partial charge on any atom is -0.500 e. The third-order valence-electron chi connectivity index (χ3n) is 1.89. The Bertz CT molecular complexity index is 443. The summed E-state index contributed by atoms with van der Waals surface area (Å²) in [5, 5.41) is 20.0. The fourth-order valence-electron chi connectivity index (χ4n) is 1.12. The van der Waals surface area contributed by atoms with Gasteiger partial charge in [0.1, 0.15) is 0 Å². The van der Waals surface area contributed by atoms with Gasteiger partial charge in [0.25, 0.3) is 0 Å². The summed E-state index contributed by atoms with van der Waals surface area (Å²) in [7, 11) is 2.37. The predicted octanol–water partition coefficient (Wildman–Crippen LogP) is 2.12. The Kier molecular flexibility index (Phi) is 6.19. The first kappa shape index (κ1) is 15.7. The minimum absolute atomic E-state index is 0.0659. The number of nitro groups is 1. The first-order valence-corrected chi connectivity index (χ1v) is 5.15. The van der Waals surface area contributed by atoms with Crippen molar-refractivity contribution in [1.29, 1.82) is 0 Å². The SMILES string of the molecule is CC.COC(=O)c1cc(OC)c(O)c([N+](=O)[O-])c1. The lowest BCUT2D eigenvalue weighted by Gasteiger charge is -2.06. The topological polar surface area (TPSA) is 98.9 Å². The van der Waals surface area contributed by atoms with E-state index in [0.29, 0.717) is 0 Å². The lowest BCUT2D eigenvalue weighted by Crippen LogP contribution is -2.03. The minimum atomic E-state index is -0.815. The summed E-state index contributed by atoms with van der Waals surface area (Å²) in [5.74, 6) is -1.53. The number of benzene rings is 1. The Labute approximate surface area is 104 Å². The highest BCUT2D eigenvalue weighted by Crippen LogP contribution is 2.36. The third kappa shape index (κ3) is 3.34. The number of phenols is 1. The number of esters is 1. The molecule has 0 aromatic heterocycles. The maximum Gasteiger partial charge on any atom is 0.338 e. The molecule has 0 aliphatic rings. The van der Waals surface area contributed by atoms with Crippen LogP contribution in [-0.4, -0.2) is 30.2 Å². The number of methoxy groups -OCH3 is 2. The van der Waals surface area contributed by atoms with Gasteiger partial charge in [-0.3, -0.25) is 10.1 Å². The van der Waals surface area contributed by atoms with Crippen molar-refractivity contribution in [2.24, 2.45) is 0 Å². The predicted molar refractivity (Wildman–Crippen MR) is 64.0 cm³/mol. The number of rotatable bonds is 3. The molecule has 0 saturated carbocycles. The van der Waals surface area contributed by atoms with Crippen LogP contribution in [0.25, 0.3) is 0 Å². The van der Waals surface area contributed by atoms with Gasteiger partial charge in [0, 0.05) is 6.07 Å². The molecule has 1 N–H and O–H groups in total. The first-order chi connectivity index (χ1) is 8.51. The zero-order valence-electron chi connectivity index (χ0n) is 10.6. The number of nitrogens with zero attached hydrogens (tertiary/aromatic N) is 1. The van der Waals surface area contributed by atoms with Gasteiger partial charge >= 0.3 is 11.7 Å². The van der Waals surface area contributed by atoms with Gasteiger partial charge in [-0.1, -0.05) is 13.8 Å². The quantitative estimate of drug-likeness (QED) is 0.506. The molecule has 1 aromatic rings. The summed E-state index contributed by atoms with van der Waals surface area (Å²) >= 11 is 0. The molecule has 0 unspecified atom stereocenters. The second kappa shape index (κ2) is 7.10. The highest BCUT2D eigenvalue weighted by atomic mass is 16.6. The highest BCUT2D eigenvalue weighted by molar-refractivity contribution is 5.91. The van der Waals surface area contributed by atoms with Crippen molar-refractivity contribution < 1.29 is 24.3 Å². The molecule has 1 aromatic carbocycles. The van der Waals surface area contributed by atoms with Crippen LogP contribution >= 0.6 is 0 Å². The van der Waals surface area contributed by atoms with E-state index in [0.717, 1.165) is 19.2 Å². The van der Waals surface area contributed by atoms with Crippen molar-refractivity contribution in [1.82, 2.24) is 0 Å². The Morgan fingerprint density at radius 2 is 1.89 bits per heavy atom. The van der Waals surface area contributed by atoms with Crippen LogP contribution in [0, 0.1) is 10.1 Å². The second-order valence-electron chi connectivity index (χ2n) is 2.79. The third-order valence-corrected chi connectivity index (χ3v) is 1.89. The normalized spacial score (nSPS) is 8.89. The number of hydrogen-bond acceptors (Lipinski definition) is 6. The molecule has 7 nitrogen and oxygen atoms in total. The summed E-state index contributed by atoms with van der Waals surface area (Å²) in [6.07, 6.45) is 0. The van der Waals surface area contributed by atoms with Crippen LogP contribution in [0.3, 0.4) is 0 Å². The molecule has 0 atom stereocenters. The van der Waals surface area contributed by atoms with Gasteiger partial charge in [-0.2, -0.15) is 0 Å². The van der Waals surface area contributed by atoms with Crippen LogP contribution in [0.15, 0.2) is 12.1 Å². The Morgan fingerprint density at radius 1 is 1.33 bits per heavy atom. The van der Waals surface area contributed by atoms with E-state index in [-0.39, 0.29) is 11.3 Å². The standard InChI is InChI=1S/C9H9NO6.C2H6/c1-15-7-4-5(9(12)16-2)3-6(8(7)11)10(13)14;1-2/h3-4,11H,1-2H3;1-2H3. The van der Waals surface area contributed by atoms with E-state index in [9.17, 15) is 20.0 Å². The van der Waals surface area contributed by atoms with Gasteiger partial charge in [-0.05, 0) is 6.07 Å². The number of aromatic hydroxyl groups is 1. The van der Waals surface area contributed by atoms with Crippen LogP contribution in [0.4, 0.5) is 5.69 Å². The smallest absolute Gasteiger partial charge is 0.338 e. The van der Waals surface area contributed by atoms with Gasteiger partial charge < -0.3 is 14.6 Å². The molecule has 0 bridgehead atoms. The number of carbonyl (C=O) groups is 1. The van der Waals surface area contributed by atoms with E-state index in [1.165, 1.54) is 7.11 Å². The number of hydrogen-bond donors (Lipinski definition) is 1. The lowest BCUT2D eigenvalue weighted by atomic mass is 10.1. The van der Waals surface area contributed by atoms with E-state index in [1.807, 2.05) is 13.8 Å². The molecule has 100 valence electrons. The molecule has 0 aliphatic heterocycles. The van der Waals surface area contributed by atoms with Crippen LogP contribution < -0.4 is 4.74 Å². The van der Waals surface area contributed by atoms with Gasteiger partial charge in [-0.15, -0.1) is 0 Å². The maximum atomic E-state index is 11.2. The largest absolute Gasteiger partial charge is 0.500 e. The molecular weight excluding hydrogens is 242 g/mol. The van der Waals surface area contributed by atoms with Crippen LogP contribution in [0.1, 0.15) is 24.2 Å². The second-order valence-corrected chi connectivity index (χ2v) is 2.79. The molecule has 0 heterocycles. The van der Waals surface area contributed by atoms with E-state index < -0.39 is 22.3 Å². The molecule has 7 heteroatoms. The molecular formula is C11H15NO6. The van der Waals surface area contributed by atoms with E-state index >= 15 is 0 Å². The number of carbonyl (C=O) groups excluding carboxylic acids is 1. The van der Waals surface area contributed by atoms with Gasteiger partial charge in [-0.25, -0.2) is 4.79 Å². The van der Waals surface area contributed by atoms with Gasteiger partial charge in [0.05, 0.1) is 24.7 Å². The van der Waals surface area contributed by atoms with E-state index in [2.05, 4.69) is 4.74 Å². The van der Waals surface area contributed by atoms with E-state index in [4.69, 9.17) is 4.74 Å². The number of ether oxygens (including phenoxy) is 2. The number of nitro benzene ring substituents is 1. The fourth-order valence-corrected chi connectivity index (χ4v) is 1.12. The summed E-state index contributed by atoms with van der Waals surface area (Å²) < 4.78 is 9.12. The van der Waals surface area contributed by atoms with Crippen molar-refractivity contribution >= 4 is 11.7 Å². The first-order valence-electron chi connectivity index (χ1n) is 5.15. The molecule has 0 fully saturated rings. The average molecular weight is 257 g/mol. The Balaban J connectivity index is 0.00000137. The fraction of sp³-hybridized carbons (Fsp3) is 0.364. The maximum absolute atomic E-state index is 11.2. The molecule has 0 saturated heterocycles. The monoisotopic (exact) mass is 257 g/mol. The lowest BCUT2D eigenvalue weighted by molar-refractivity contribution is -0.386. The Morgan fingerprint density at radius 3 is 2.28 bits per heavy atom. The summed E-state index contributed by atoms with van der Waals surface area (Å²) in [5.41, 5.74) is -0.677. The summed E-state index contributed by atoms with van der Waals surface area (Å²) in [6, 6.07) is 2.08. The van der Waals surface area contributed by atoms with Gasteiger partial charge in [0.2, 0.25) is 5.75 Å².